The molecule has 2 aliphatic rings. The molecule has 2 nitrogen and oxygen atoms in total. The van der Waals surface area contributed by atoms with Gasteiger partial charge in [0.1, 0.15) is 6.17 Å². The van der Waals surface area contributed by atoms with Crippen molar-refractivity contribution in [3.63, 3.8) is 0 Å². The summed E-state index contributed by atoms with van der Waals surface area (Å²) in [6.07, 6.45) is 1.93. The van der Waals surface area contributed by atoms with Gasteiger partial charge < -0.3 is 5.11 Å². The van der Waals surface area contributed by atoms with Gasteiger partial charge in [-0.2, -0.15) is 0 Å². The van der Waals surface area contributed by atoms with Crippen molar-refractivity contribution < 1.29 is 9.50 Å². The summed E-state index contributed by atoms with van der Waals surface area (Å²) in [7, 11) is 0. The van der Waals surface area contributed by atoms with E-state index in [0.29, 0.717) is 13.0 Å². The highest BCUT2D eigenvalue weighted by Crippen LogP contribution is 2.39. The molecule has 0 bridgehead atoms. The summed E-state index contributed by atoms with van der Waals surface area (Å²) < 4.78 is 12.9. The summed E-state index contributed by atoms with van der Waals surface area (Å²) in [4.78, 5) is 2.11. The van der Waals surface area contributed by atoms with Crippen molar-refractivity contribution >= 4 is 0 Å². The number of hydrogen-bond donors (Lipinski definition) is 1. The van der Waals surface area contributed by atoms with Crippen molar-refractivity contribution in [1.29, 1.82) is 0 Å². The van der Waals surface area contributed by atoms with Crippen LogP contribution in [-0.2, 0) is 0 Å². The first-order valence-corrected chi connectivity index (χ1v) is 5.27. The lowest BCUT2D eigenvalue weighted by Gasteiger charge is -2.28. The normalized spacial score (nSPS) is 38.3. The van der Waals surface area contributed by atoms with Gasteiger partial charge in [0.2, 0.25) is 0 Å². The second-order valence-electron chi connectivity index (χ2n) is 3.73. The van der Waals surface area contributed by atoms with Crippen LogP contribution in [0.1, 0.15) is 33.1 Å². The first kappa shape index (κ1) is 10.9. The molecule has 3 heteroatoms. The molecule has 0 aromatic heterocycles. The van der Waals surface area contributed by atoms with Crippen molar-refractivity contribution in [2.45, 2.75) is 44.8 Å². The summed E-state index contributed by atoms with van der Waals surface area (Å²) in [5, 5.41) is 9.14. The molecule has 0 aromatic carbocycles. The van der Waals surface area contributed by atoms with Gasteiger partial charge in [-0.25, -0.2) is 4.39 Å². The summed E-state index contributed by atoms with van der Waals surface area (Å²) in [6.45, 7) is 5.65. The standard InChI is InChI=1S/C8H14FNO.C2H6/c9-7-4-8(6-11)2-1-3-10(8)5-7;1-2/h7,11H,1-6H2;1-2H3/t7-,8+;/m0./s1. The Morgan fingerprint density at radius 2 is 2.23 bits per heavy atom. The molecule has 13 heavy (non-hydrogen) atoms. The average molecular weight is 189 g/mol. The molecule has 78 valence electrons. The molecular formula is C10H20FNO. The van der Waals surface area contributed by atoms with E-state index in [1.165, 1.54) is 0 Å². The van der Waals surface area contributed by atoms with E-state index in [1.54, 1.807) is 0 Å². The van der Waals surface area contributed by atoms with Crippen molar-refractivity contribution in [2.75, 3.05) is 19.7 Å². The van der Waals surface area contributed by atoms with Gasteiger partial charge in [0.25, 0.3) is 0 Å². The second kappa shape index (κ2) is 4.38. The van der Waals surface area contributed by atoms with Crippen molar-refractivity contribution in [3.05, 3.63) is 0 Å². The molecule has 0 aliphatic carbocycles. The van der Waals surface area contributed by atoms with Crippen LogP contribution < -0.4 is 0 Å². The summed E-state index contributed by atoms with van der Waals surface area (Å²) in [5.41, 5.74) is -0.167. The van der Waals surface area contributed by atoms with Crippen LogP contribution in [0.5, 0.6) is 0 Å². The quantitative estimate of drug-likeness (QED) is 0.677. The molecule has 0 spiro atoms. The van der Waals surface area contributed by atoms with E-state index >= 15 is 0 Å². The molecule has 2 saturated heterocycles. The summed E-state index contributed by atoms with van der Waals surface area (Å²) in [5.74, 6) is 0. The summed E-state index contributed by atoms with van der Waals surface area (Å²) >= 11 is 0. The zero-order valence-corrected chi connectivity index (χ0v) is 8.59. The van der Waals surface area contributed by atoms with Crippen molar-refractivity contribution in [2.24, 2.45) is 0 Å². The highest BCUT2D eigenvalue weighted by Gasteiger charge is 2.47. The lowest BCUT2D eigenvalue weighted by Crippen LogP contribution is -2.41. The molecule has 2 fully saturated rings. The molecule has 2 atom stereocenters. The minimum absolute atomic E-state index is 0.132. The lowest BCUT2D eigenvalue weighted by atomic mass is 9.95. The van der Waals surface area contributed by atoms with E-state index in [2.05, 4.69) is 4.90 Å². The summed E-state index contributed by atoms with van der Waals surface area (Å²) in [6, 6.07) is 0. The van der Waals surface area contributed by atoms with Crippen molar-refractivity contribution in [1.82, 2.24) is 4.90 Å². The Kier molecular flexibility index (Phi) is 3.68. The van der Waals surface area contributed by atoms with E-state index in [4.69, 9.17) is 5.11 Å². The Morgan fingerprint density at radius 1 is 1.54 bits per heavy atom. The third kappa shape index (κ3) is 1.86. The highest BCUT2D eigenvalue weighted by atomic mass is 19.1. The number of nitrogens with zero attached hydrogens (tertiary/aromatic N) is 1. The number of aliphatic hydroxyl groups is 1. The first-order chi connectivity index (χ1) is 6.27. The van der Waals surface area contributed by atoms with Crippen molar-refractivity contribution in [3.8, 4) is 0 Å². The molecule has 2 heterocycles. The molecule has 1 N–H and O–H groups in total. The fourth-order valence-electron chi connectivity index (χ4n) is 2.47. The van der Waals surface area contributed by atoms with Crippen LogP contribution in [0.4, 0.5) is 4.39 Å². The largest absolute Gasteiger partial charge is 0.394 e. The molecule has 0 amide bonds. The van der Waals surface area contributed by atoms with Gasteiger partial charge in [-0.05, 0) is 19.4 Å². The van der Waals surface area contributed by atoms with E-state index in [-0.39, 0.29) is 12.1 Å². The molecule has 2 rings (SSSR count). The van der Waals surface area contributed by atoms with E-state index in [9.17, 15) is 4.39 Å². The Bertz CT molecular complexity index is 165. The van der Waals surface area contributed by atoms with Crippen LogP contribution in [0.3, 0.4) is 0 Å². The fraction of sp³-hybridized carbons (Fsp3) is 1.00. The maximum Gasteiger partial charge on any atom is 0.115 e. The van der Waals surface area contributed by atoms with Crippen LogP contribution in [0.2, 0.25) is 0 Å². The minimum Gasteiger partial charge on any atom is -0.394 e. The Labute approximate surface area is 79.7 Å². The smallest absolute Gasteiger partial charge is 0.115 e. The van der Waals surface area contributed by atoms with E-state index in [1.807, 2.05) is 13.8 Å². The van der Waals surface area contributed by atoms with Gasteiger partial charge in [-0.1, -0.05) is 13.8 Å². The molecule has 0 saturated carbocycles. The molecule has 0 radical (unpaired) electrons. The fourth-order valence-corrected chi connectivity index (χ4v) is 2.47. The highest BCUT2D eigenvalue weighted by molar-refractivity contribution is 5.03. The lowest BCUT2D eigenvalue weighted by molar-refractivity contribution is 0.0996. The third-order valence-electron chi connectivity index (χ3n) is 3.06. The van der Waals surface area contributed by atoms with Gasteiger partial charge in [-0.15, -0.1) is 0 Å². The van der Waals surface area contributed by atoms with E-state index in [0.717, 1.165) is 19.4 Å². The Morgan fingerprint density at radius 3 is 2.77 bits per heavy atom. The first-order valence-electron chi connectivity index (χ1n) is 5.27. The predicted octanol–water partition coefficient (Wildman–Crippen LogP) is 1.58. The topological polar surface area (TPSA) is 23.5 Å². The maximum absolute atomic E-state index is 12.9. The zero-order valence-electron chi connectivity index (χ0n) is 8.59. The molecule has 0 aromatic rings. The predicted molar refractivity (Wildman–Crippen MR) is 51.5 cm³/mol. The average Bonchev–Trinajstić information content (AvgIpc) is 2.64. The Hall–Kier alpha value is -0.150. The van der Waals surface area contributed by atoms with Gasteiger partial charge in [-0.3, -0.25) is 4.90 Å². The SMILES string of the molecule is CC.OC[C@]12CCCN1C[C@@H](F)C2. The third-order valence-corrected chi connectivity index (χ3v) is 3.06. The molecule has 0 unspecified atom stereocenters. The minimum atomic E-state index is -0.706. The Balaban J connectivity index is 0.000000396. The zero-order chi connectivity index (χ0) is 9.90. The maximum atomic E-state index is 12.9. The number of halogens is 1. The van der Waals surface area contributed by atoms with Crippen LogP contribution in [0.15, 0.2) is 0 Å². The number of hydrogen-bond acceptors (Lipinski definition) is 2. The van der Waals surface area contributed by atoms with Gasteiger partial charge in [0.05, 0.1) is 6.61 Å². The van der Waals surface area contributed by atoms with E-state index < -0.39 is 6.17 Å². The molecule has 2 aliphatic heterocycles. The number of fused-ring (bicyclic) bond motifs is 1. The van der Waals surface area contributed by atoms with Crippen LogP contribution in [0.25, 0.3) is 0 Å². The van der Waals surface area contributed by atoms with Gasteiger partial charge >= 0.3 is 0 Å². The molecular weight excluding hydrogens is 169 g/mol. The van der Waals surface area contributed by atoms with Crippen LogP contribution in [0, 0.1) is 0 Å². The number of alkyl halides is 1. The van der Waals surface area contributed by atoms with Crippen LogP contribution in [-0.4, -0.2) is 41.4 Å². The number of rotatable bonds is 1. The van der Waals surface area contributed by atoms with Gasteiger partial charge in [0.15, 0.2) is 0 Å². The number of aliphatic hydroxyl groups excluding tert-OH is 1. The second-order valence-corrected chi connectivity index (χ2v) is 3.73. The van der Waals surface area contributed by atoms with Crippen LogP contribution >= 0.6 is 0 Å². The monoisotopic (exact) mass is 189 g/mol. The van der Waals surface area contributed by atoms with Gasteiger partial charge in [0, 0.05) is 18.5 Å².